The van der Waals surface area contributed by atoms with Crippen LogP contribution in [0.4, 0.5) is 0 Å². The largest absolute Gasteiger partial charge is 0.389 e. The SMILES string of the molecule is CCC(c1ccccc1)C(O)(CC)CC.N. The van der Waals surface area contributed by atoms with E-state index in [2.05, 4.69) is 32.9 Å². The van der Waals surface area contributed by atoms with Gasteiger partial charge in [-0.05, 0) is 24.8 Å². The minimum atomic E-state index is -0.546. The van der Waals surface area contributed by atoms with Crippen molar-refractivity contribution in [2.45, 2.75) is 51.6 Å². The van der Waals surface area contributed by atoms with Gasteiger partial charge in [0, 0.05) is 5.92 Å². The minimum Gasteiger partial charge on any atom is -0.389 e. The molecule has 2 nitrogen and oxygen atoms in total. The molecule has 0 aliphatic carbocycles. The van der Waals surface area contributed by atoms with E-state index in [-0.39, 0.29) is 12.1 Å². The Hall–Kier alpha value is -0.860. The molecule has 1 atom stereocenters. The zero-order chi connectivity index (χ0) is 11.3. The lowest BCUT2D eigenvalue weighted by Crippen LogP contribution is -2.34. The molecule has 0 heterocycles. The lowest BCUT2D eigenvalue weighted by Gasteiger charge is -2.34. The Morgan fingerprint density at radius 3 is 1.94 bits per heavy atom. The van der Waals surface area contributed by atoms with E-state index in [0.29, 0.717) is 0 Å². The van der Waals surface area contributed by atoms with E-state index in [1.165, 1.54) is 5.56 Å². The predicted octanol–water partition coefficient (Wildman–Crippen LogP) is 3.89. The van der Waals surface area contributed by atoms with Gasteiger partial charge in [-0.2, -0.15) is 0 Å². The maximum absolute atomic E-state index is 10.5. The van der Waals surface area contributed by atoms with Crippen molar-refractivity contribution in [2.24, 2.45) is 0 Å². The van der Waals surface area contributed by atoms with Gasteiger partial charge in [-0.1, -0.05) is 51.1 Å². The van der Waals surface area contributed by atoms with Crippen LogP contribution in [0.1, 0.15) is 51.5 Å². The maximum Gasteiger partial charge on any atom is 0.0710 e. The van der Waals surface area contributed by atoms with E-state index in [1.807, 2.05) is 18.2 Å². The summed E-state index contributed by atoms with van der Waals surface area (Å²) in [7, 11) is 0. The molecule has 0 spiro atoms. The van der Waals surface area contributed by atoms with E-state index in [9.17, 15) is 5.11 Å². The quantitative estimate of drug-likeness (QED) is 0.795. The number of hydrogen-bond donors (Lipinski definition) is 2. The van der Waals surface area contributed by atoms with Crippen molar-refractivity contribution in [3.05, 3.63) is 35.9 Å². The third-order valence-corrected chi connectivity index (χ3v) is 3.48. The summed E-state index contributed by atoms with van der Waals surface area (Å²) in [5.41, 5.74) is 0.710. The van der Waals surface area contributed by atoms with E-state index in [1.54, 1.807) is 0 Å². The highest BCUT2D eigenvalue weighted by Gasteiger charge is 2.32. The summed E-state index contributed by atoms with van der Waals surface area (Å²) < 4.78 is 0. The molecule has 0 amide bonds. The lowest BCUT2D eigenvalue weighted by molar-refractivity contribution is 0.00271. The lowest BCUT2D eigenvalue weighted by atomic mass is 9.77. The third-order valence-electron chi connectivity index (χ3n) is 3.48. The summed E-state index contributed by atoms with van der Waals surface area (Å²) in [6.07, 6.45) is 2.62. The molecule has 2 heteroatoms. The molecule has 0 fully saturated rings. The summed E-state index contributed by atoms with van der Waals surface area (Å²) in [6, 6.07) is 10.3. The van der Waals surface area contributed by atoms with Gasteiger partial charge in [-0.25, -0.2) is 0 Å². The molecule has 0 aliphatic rings. The Labute approximate surface area is 99.3 Å². The Bertz CT molecular complexity index is 280. The summed E-state index contributed by atoms with van der Waals surface area (Å²) >= 11 is 0. The fourth-order valence-corrected chi connectivity index (χ4v) is 2.35. The average Bonchev–Trinajstić information content (AvgIpc) is 2.31. The molecule has 0 aromatic heterocycles. The second-order valence-corrected chi connectivity index (χ2v) is 4.18. The number of benzene rings is 1. The normalized spacial score (nSPS) is 13.0. The van der Waals surface area contributed by atoms with Crippen molar-refractivity contribution in [3.8, 4) is 0 Å². The van der Waals surface area contributed by atoms with Crippen LogP contribution >= 0.6 is 0 Å². The van der Waals surface area contributed by atoms with Crippen LogP contribution in [0.5, 0.6) is 0 Å². The second kappa shape index (κ2) is 6.66. The van der Waals surface area contributed by atoms with Crippen LogP contribution in [0, 0.1) is 0 Å². The molecule has 92 valence electrons. The van der Waals surface area contributed by atoms with Crippen molar-refractivity contribution in [3.63, 3.8) is 0 Å². The second-order valence-electron chi connectivity index (χ2n) is 4.18. The van der Waals surface area contributed by atoms with E-state index in [0.717, 1.165) is 19.3 Å². The summed E-state index contributed by atoms with van der Waals surface area (Å²) in [6.45, 7) is 6.28. The van der Waals surface area contributed by atoms with Crippen molar-refractivity contribution in [1.29, 1.82) is 0 Å². The first-order valence-electron chi connectivity index (χ1n) is 5.95. The molecule has 4 N–H and O–H groups in total. The molecular formula is C14H25NO. The topological polar surface area (TPSA) is 55.2 Å². The molecule has 1 aromatic rings. The predicted molar refractivity (Wildman–Crippen MR) is 70.0 cm³/mol. The van der Waals surface area contributed by atoms with Gasteiger partial charge in [0.05, 0.1) is 5.60 Å². The number of hydrogen-bond acceptors (Lipinski definition) is 2. The van der Waals surface area contributed by atoms with E-state index >= 15 is 0 Å². The zero-order valence-corrected chi connectivity index (χ0v) is 10.7. The highest BCUT2D eigenvalue weighted by atomic mass is 16.3. The highest BCUT2D eigenvalue weighted by Crippen LogP contribution is 2.36. The maximum atomic E-state index is 10.5. The molecule has 0 bridgehead atoms. The van der Waals surface area contributed by atoms with Gasteiger partial charge >= 0.3 is 0 Å². The van der Waals surface area contributed by atoms with Crippen LogP contribution in [-0.2, 0) is 0 Å². The molecule has 1 unspecified atom stereocenters. The molecule has 16 heavy (non-hydrogen) atoms. The zero-order valence-electron chi connectivity index (χ0n) is 10.7. The van der Waals surface area contributed by atoms with Crippen molar-refractivity contribution in [1.82, 2.24) is 6.15 Å². The molecule has 1 aromatic carbocycles. The summed E-state index contributed by atoms with van der Waals surface area (Å²) in [4.78, 5) is 0. The van der Waals surface area contributed by atoms with E-state index < -0.39 is 5.60 Å². The standard InChI is InChI=1S/C14H22O.H3N/c1-4-13(14(15,5-2)6-3)12-10-8-7-9-11-12;/h7-11,13,15H,4-6H2,1-3H3;1H3. The Kier molecular flexibility index (Phi) is 6.31. The van der Waals surface area contributed by atoms with Gasteiger partial charge in [0.1, 0.15) is 0 Å². The molecule has 1 rings (SSSR count). The average molecular weight is 223 g/mol. The first kappa shape index (κ1) is 15.1. The monoisotopic (exact) mass is 223 g/mol. The van der Waals surface area contributed by atoms with Crippen LogP contribution in [0.3, 0.4) is 0 Å². The summed E-state index contributed by atoms with van der Waals surface area (Å²) in [5, 5.41) is 10.5. The van der Waals surface area contributed by atoms with Crippen LogP contribution in [-0.4, -0.2) is 10.7 Å². The van der Waals surface area contributed by atoms with Crippen LogP contribution < -0.4 is 6.15 Å². The van der Waals surface area contributed by atoms with Crippen molar-refractivity contribution in [2.75, 3.05) is 0 Å². The molecule has 0 radical (unpaired) electrons. The van der Waals surface area contributed by atoms with Gasteiger partial charge in [0.2, 0.25) is 0 Å². The van der Waals surface area contributed by atoms with Crippen LogP contribution in [0.15, 0.2) is 30.3 Å². The summed E-state index contributed by atoms with van der Waals surface area (Å²) in [5.74, 6) is 0.258. The fourth-order valence-electron chi connectivity index (χ4n) is 2.35. The number of aliphatic hydroxyl groups is 1. The first-order chi connectivity index (χ1) is 7.18. The van der Waals surface area contributed by atoms with Gasteiger partial charge in [0.15, 0.2) is 0 Å². The van der Waals surface area contributed by atoms with E-state index in [4.69, 9.17) is 0 Å². The fraction of sp³-hybridized carbons (Fsp3) is 0.571. The molecular weight excluding hydrogens is 198 g/mol. The Morgan fingerprint density at radius 2 is 1.56 bits per heavy atom. The van der Waals surface area contributed by atoms with Crippen molar-refractivity contribution < 1.29 is 5.11 Å². The van der Waals surface area contributed by atoms with Gasteiger partial charge in [0.25, 0.3) is 0 Å². The Balaban J connectivity index is 0.00000225. The molecule has 0 aliphatic heterocycles. The smallest absolute Gasteiger partial charge is 0.0710 e. The van der Waals surface area contributed by atoms with Crippen molar-refractivity contribution >= 4 is 0 Å². The minimum absolute atomic E-state index is 0. The van der Waals surface area contributed by atoms with Gasteiger partial charge in [-0.3, -0.25) is 0 Å². The first-order valence-corrected chi connectivity index (χ1v) is 5.95. The number of rotatable bonds is 5. The third kappa shape index (κ3) is 3.06. The Morgan fingerprint density at radius 1 is 1.06 bits per heavy atom. The molecule has 0 saturated carbocycles. The van der Waals surface area contributed by atoms with Crippen LogP contribution in [0.25, 0.3) is 0 Å². The van der Waals surface area contributed by atoms with Gasteiger partial charge in [-0.15, -0.1) is 0 Å². The molecule has 0 saturated heterocycles. The highest BCUT2D eigenvalue weighted by molar-refractivity contribution is 5.22. The van der Waals surface area contributed by atoms with Crippen LogP contribution in [0.2, 0.25) is 0 Å². The van der Waals surface area contributed by atoms with Gasteiger partial charge < -0.3 is 11.3 Å².